The van der Waals surface area contributed by atoms with Crippen molar-refractivity contribution in [2.75, 3.05) is 21.1 Å². The van der Waals surface area contributed by atoms with Crippen LogP contribution in [0.1, 0.15) is 16.8 Å². The van der Waals surface area contributed by atoms with Crippen molar-refractivity contribution in [3.63, 3.8) is 0 Å². The van der Waals surface area contributed by atoms with Crippen LogP contribution in [0.4, 0.5) is 0 Å². The zero-order chi connectivity index (χ0) is 20.1. The second-order valence-electron chi connectivity index (χ2n) is 4.69. The molecule has 0 aliphatic rings. The minimum Gasteiger partial charge on any atom is -0.370 e. The van der Waals surface area contributed by atoms with E-state index < -0.39 is 23.8 Å². The van der Waals surface area contributed by atoms with Crippen LogP contribution >= 0.6 is 0 Å². The van der Waals surface area contributed by atoms with E-state index in [-0.39, 0.29) is 6.42 Å². The number of likely N-dealkylation sites (N-methyl/N-ethyl adjacent to an activating group) is 1. The lowest BCUT2D eigenvalue weighted by atomic mass is 10.1. The fourth-order valence-electron chi connectivity index (χ4n) is 2.12. The molecule has 26 heavy (non-hydrogen) atoms. The minimum absolute atomic E-state index is 0.269. The van der Waals surface area contributed by atoms with Crippen molar-refractivity contribution in [2.24, 2.45) is 17.2 Å². The number of fused-ring (bicyclic) bond motifs is 1. The van der Waals surface area contributed by atoms with Gasteiger partial charge in [-0.1, -0.05) is 12.1 Å². The van der Waals surface area contributed by atoms with Crippen LogP contribution in [-0.2, 0) is 9.59 Å². The van der Waals surface area contributed by atoms with Crippen molar-refractivity contribution in [3.05, 3.63) is 42.1 Å². The molecule has 1 atom stereocenters. The fraction of sp³-hybridized carbons (Fsp3) is 0.294. The van der Waals surface area contributed by atoms with Crippen LogP contribution in [0.2, 0.25) is 0 Å². The maximum atomic E-state index is 12.4. The number of pyridine rings is 1. The number of primary amides is 1. The third-order valence-corrected chi connectivity index (χ3v) is 3.16. The van der Waals surface area contributed by atoms with Crippen molar-refractivity contribution >= 4 is 28.6 Å². The Morgan fingerprint density at radius 1 is 1.08 bits per heavy atom. The van der Waals surface area contributed by atoms with Crippen LogP contribution < -0.4 is 27.8 Å². The van der Waals surface area contributed by atoms with Crippen LogP contribution in [0.5, 0.6) is 0 Å². The van der Waals surface area contributed by atoms with Gasteiger partial charge >= 0.3 is 0 Å². The molecule has 0 unspecified atom stereocenters. The van der Waals surface area contributed by atoms with Gasteiger partial charge < -0.3 is 27.8 Å². The Kier molecular flexibility index (Phi) is 10.9. The number of benzene rings is 1. The minimum atomic E-state index is -1.01. The van der Waals surface area contributed by atoms with Gasteiger partial charge in [-0.05, 0) is 32.3 Å². The molecule has 2 aromatic rings. The Morgan fingerprint density at radius 3 is 2.31 bits per heavy atom. The summed E-state index contributed by atoms with van der Waals surface area (Å²) in [6.07, 6.45) is 1.36. The molecule has 9 nitrogen and oxygen atoms in total. The van der Waals surface area contributed by atoms with E-state index in [1.54, 1.807) is 36.5 Å². The predicted octanol–water partition coefficient (Wildman–Crippen LogP) is -0.896. The normalized spacial score (nSPS) is 10.3. The Labute approximate surface area is 152 Å². The molecule has 0 saturated heterocycles. The molecule has 0 radical (unpaired) electrons. The van der Waals surface area contributed by atoms with Gasteiger partial charge in [-0.3, -0.25) is 19.4 Å². The highest BCUT2D eigenvalue weighted by molar-refractivity contribution is 6.07. The quantitative estimate of drug-likeness (QED) is 0.462. The number of aromatic nitrogens is 1. The van der Waals surface area contributed by atoms with Crippen molar-refractivity contribution in [3.8, 4) is 0 Å². The summed E-state index contributed by atoms with van der Waals surface area (Å²) in [6, 6.07) is 7.59. The maximum Gasteiger partial charge on any atom is 0.252 e. The van der Waals surface area contributed by atoms with Gasteiger partial charge in [0.2, 0.25) is 11.8 Å². The van der Waals surface area contributed by atoms with Crippen LogP contribution in [0.3, 0.4) is 0 Å². The predicted molar refractivity (Wildman–Crippen MR) is 101 cm³/mol. The molecule has 0 aliphatic heterocycles. The lowest BCUT2D eigenvalue weighted by molar-refractivity contribution is -0.126. The number of hydrogen-bond donors (Lipinski definition) is 5. The highest BCUT2D eigenvalue weighted by Crippen LogP contribution is 2.16. The molecular formula is C17H26N6O3. The number of nitrogens with two attached hydrogens (primary N) is 3. The molecule has 3 amide bonds. The van der Waals surface area contributed by atoms with E-state index >= 15 is 0 Å². The zero-order valence-corrected chi connectivity index (χ0v) is 15.2. The van der Waals surface area contributed by atoms with E-state index in [2.05, 4.69) is 27.1 Å². The highest BCUT2D eigenvalue weighted by atomic mass is 16.2. The van der Waals surface area contributed by atoms with Crippen LogP contribution in [0.25, 0.3) is 10.9 Å². The van der Waals surface area contributed by atoms with Gasteiger partial charge in [0, 0.05) is 24.2 Å². The summed E-state index contributed by atoms with van der Waals surface area (Å²) < 4.78 is 0. The molecule has 0 saturated carbocycles. The van der Waals surface area contributed by atoms with Gasteiger partial charge in [-0.25, -0.2) is 0 Å². The van der Waals surface area contributed by atoms with Gasteiger partial charge in [-0.15, -0.1) is 0 Å². The first-order valence-electron chi connectivity index (χ1n) is 7.83. The third kappa shape index (κ3) is 6.46. The monoisotopic (exact) mass is 362 g/mol. The van der Waals surface area contributed by atoms with E-state index in [9.17, 15) is 14.4 Å². The molecule has 0 aliphatic carbocycles. The molecule has 0 bridgehead atoms. The summed E-state index contributed by atoms with van der Waals surface area (Å²) in [6.45, 7) is 0. The Bertz CT molecular complexity index is 730. The Morgan fingerprint density at radius 2 is 1.73 bits per heavy atom. The summed E-state index contributed by atoms with van der Waals surface area (Å²) in [5, 5.41) is 5.58. The van der Waals surface area contributed by atoms with Crippen LogP contribution in [0, 0.1) is 0 Å². The summed E-state index contributed by atoms with van der Waals surface area (Å²) in [7, 11) is 4.42. The second kappa shape index (κ2) is 12.3. The first-order valence-corrected chi connectivity index (χ1v) is 7.83. The van der Waals surface area contributed by atoms with E-state index in [1.807, 2.05) is 0 Å². The number of rotatable bonds is 5. The molecule has 2 rings (SSSR count). The van der Waals surface area contributed by atoms with Crippen molar-refractivity contribution in [2.45, 2.75) is 12.5 Å². The van der Waals surface area contributed by atoms with E-state index in [4.69, 9.17) is 5.73 Å². The molecule has 9 heteroatoms. The fourth-order valence-corrected chi connectivity index (χ4v) is 2.12. The SMILES string of the molecule is CN.CN.CNC(=O)[C@H](CC(N)=O)NC(=O)c1cccc2ncccc12. The van der Waals surface area contributed by atoms with Gasteiger partial charge in [0.15, 0.2) is 0 Å². The maximum absolute atomic E-state index is 12.4. The van der Waals surface area contributed by atoms with E-state index in [0.29, 0.717) is 16.5 Å². The molecular weight excluding hydrogens is 336 g/mol. The second-order valence-corrected chi connectivity index (χ2v) is 4.69. The van der Waals surface area contributed by atoms with Crippen LogP contribution in [0.15, 0.2) is 36.5 Å². The number of hydrogen-bond acceptors (Lipinski definition) is 6. The van der Waals surface area contributed by atoms with E-state index in [0.717, 1.165) is 0 Å². The molecule has 1 aromatic heterocycles. The van der Waals surface area contributed by atoms with Gasteiger partial charge in [0.25, 0.3) is 5.91 Å². The van der Waals surface area contributed by atoms with Gasteiger partial charge in [-0.2, -0.15) is 0 Å². The number of nitrogens with one attached hydrogen (secondary N) is 2. The van der Waals surface area contributed by atoms with Gasteiger partial charge in [0.05, 0.1) is 11.9 Å². The molecule has 8 N–H and O–H groups in total. The largest absolute Gasteiger partial charge is 0.370 e. The Hall–Kier alpha value is -3.04. The average molecular weight is 362 g/mol. The zero-order valence-electron chi connectivity index (χ0n) is 15.2. The summed E-state index contributed by atoms with van der Waals surface area (Å²) >= 11 is 0. The highest BCUT2D eigenvalue weighted by Gasteiger charge is 2.23. The molecule has 0 fully saturated rings. The molecule has 0 spiro atoms. The van der Waals surface area contributed by atoms with Crippen molar-refractivity contribution < 1.29 is 14.4 Å². The first-order chi connectivity index (χ1) is 12.5. The molecule has 1 heterocycles. The smallest absolute Gasteiger partial charge is 0.252 e. The summed E-state index contributed by atoms with van der Waals surface area (Å²) in [5.41, 5.74) is 15.2. The lowest BCUT2D eigenvalue weighted by Gasteiger charge is -2.16. The average Bonchev–Trinajstić information content (AvgIpc) is 2.69. The van der Waals surface area contributed by atoms with Crippen LogP contribution in [-0.4, -0.2) is 49.9 Å². The lowest BCUT2D eigenvalue weighted by Crippen LogP contribution is -2.47. The standard InChI is InChI=1S/C15H16N4O3.2CH5N/c1-17-15(22)12(8-13(16)20)19-14(21)10-4-2-6-11-9(10)5-3-7-18-11;2*1-2/h2-7,12H,8H2,1H3,(H2,16,20)(H,17,22)(H,19,21);2*2H2,1H3/t12-;;/m0../s1. The number of amides is 3. The van der Waals surface area contributed by atoms with Crippen molar-refractivity contribution in [1.29, 1.82) is 0 Å². The van der Waals surface area contributed by atoms with E-state index in [1.165, 1.54) is 21.1 Å². The number of carbonyl (C=O) groups is 3. The first kappa shape index (κ1) is 23.0. The summed E-state index contributed by atoms with van der Waals surface area (Å²) in [5.74, 6) is -1.62. The van der Waals surface area contributed by atoms with Gasteiger partial charge in [0.1, 0.15) is 6.04 Å². The Balaban J connectivity index is 0.00000146. The molecule has 142 valence electrons. The number of nitrogens with zero attached hydrogens (tertiary/aromatic N) is 1. The topological polar surface area (TPSA) is 166 Å². The number of carbonyl (C=O) groups excluding carboxylic acids is 3. The summed E-state index contributed by atoms with van der Waals surface area (Å²) in [4.78, 5) is 39.3. The van der Waals surface area contributed by atoms with Crippen molar-refractivity contribution in [1.82, 2.24) is 15.6 Å². The molecule has 1 aromatic carbocycles. The third-order valence-electron chi connectivity index (χ3n) is 3.16.